The maximum absolute atomic E-state index is 13.5. The smallest absolute Gasteiger partial charge is 0.365 e. The highest BCUT2D eigenvalue weighted by Gasteiger charge is 2.35. The molecule has 14 heteroatoms. The van der Waals surface area contributed by atoms with Crippen molar-refractivity contribution >= 4 is 44.9 Å². The first-order valence-corrected chi connectivity index (χ1v) is 11.1. The summed E-state index contributed by atoms with van der Waals surface area (Å²) in [7, 11) is -3.63. The minimum absolute atomic E-state index is 0.00856. The highest BCUT2D eigenvalue weighted by Crippen LogP contribution is 2.34. The Morgan fingerprint density at radius 2 is 1.88 bits per heavy atom. The van der Waals surface area contributed by atoms with E-state index in [1.807, 2.05) is 0 Å². The quantitative estimate of drug-likeness (QED) is 0.407. The highest BCUT2D eigenvalue weighted by molar-refractivity contribution is 7.92. The second-order valence-electron chi connectivity index (χ2n) is 6.32. The summed E-state index contributed by atoms with van der Waals surface area (Å²) in [6, 6.07) is 6.06. The molecular formula is C18H17ClF3N7O2S. The van der Waals surface area contributed by atoms with Crippen LogP contribution in [0.4, 0.5) is 36.4 Å². The molecular weight excluding hydrogens is 471 g/mol. The van der Waals surface area contributed by atoms with Crippen LogP contribution in [0.5, 0.6) is 0 Å². The molecule has 0 atom stereocenters. The second kappa shape index (κ2) is 9.53. The van der Waals surface area contributed by atoms with Gasteiger partial charge < -0.3 is 10.6 Å². The van der Waals surface area contributed by atoms with E-state index < -0.39 is 27.6 Å². The lowest BCUT2D eigenvalue weighted by atomic mass is 10.2. The van der Waals surface area contributed by atoms with Crippen molar-refractivity contribution in [3.05, 3.63) is 59.1 Å². The lowest BCUT2D eigenvalue weighted by Gasteiger charge is -2.16. The van der Waals surface area contributed by atoms with Crippen LogP contribution in [-0.4, -0.2) is 34.1 Å². The molecule has 0 aromatic carbocycles. The zero-order valence-corrected chi connectivity index (χ0v) is 18.1. The van der Waals surface area contributed by atoms with Gasteiger partial charge in [0.2, 0.25) is 16.0 Å². The zero-order valence-electron chi connectivity index (χ0n) is 16.5. The fraction of sp³-hybridized carbons (Fsp3) is 0.222. The second-order valence-corrected chi connectivity index (χ2v) is 8.71. The predicted molar refractivity (Wildman–Crippen MR) is 114 cm³/mol. The number of rotatable bonds is 8. The maximum atomic E-state index is 13.5. The normalized spacial score (nSPS) is 11.8. The summed E-state index contributed by atoms with van der Waals surface area (Å²) in [5, 5.41) is 5.53. The minimum atomic E-state index is -4.72. The van der Waals surface area contributed by atoms with Gasteiger partial charge in [-0.05, 0) is 25.1 Å². The average Bonchev–Trinajstić information content (AvgIpc) is 2.72. The molecule has 0 unspecified atom stereocenters. The number of nitrogens with one attached hydrogen (secondary N) is 3. The van der Waals surface area contributed by atoms with Crippen LogP contribution in [-0.2, 0) is 22.7 Å². The molecule has 0 saturated heterocycles. The van der Waals surface area contributed by atoms with Crippen molar-refractivity contribution in [1.82, 2.24) is 19.9 Å². The number of anilines is 4. The standard InChI is InChI=1S/C18H17ClF3N7O2S/c1-2-32(30,31)29-15-11(4-3-6-24-15)9-25-16-13(18(20,21)22)10-26-17(28-16)27-12-5-7-23-14(19)8-12/h3-8,10H,2,9H2,1H3,(H,24,29)(H2,23,25,26,27,28). The maximum Gasteiger partial charge on any atom is 0.421 e. The summed E-state index contributed by atoms with van der Waals surface area (Å²) >= 11 is 5.81. The summed E-state index contributed by atoms with van der Waals surface area (Å²) in [5.41, 5.74) is -0.332. The molecule has 0 amide bonds. The van der Waals surface area contributed by atoms with E-state index in [9.17, 15) is 21.6 Å². The van der Waals surface area contributed by atoms with Gasteiger partial charge in [0.15, 0.2) is 0 Å². The molecule has 0 aliphatic heterocycles. The number of sulfonamides is 1. The van der Waals surface area contributed by atoms with Crippen molar-refractivity contribution < 1.29 is 21.6 Å². The number of halogens is 4. The van der Waals surface area contributed by atoms with Gasteiger partial charge in [-0.1, -0.05) is 17.7 Å². The SMILES string of the molecule is CCS(=O)(=O)Nc1ncccc1CNc1nc(Nc2ccnc(Cl)c2)ncc1C(F)(F)F. The summed E-state index contributed by atoms with van der Waals surface area (Å²) < 4.78 is 66.4. The van der Waals surface area contributed by atoms with E-state index in [2.05, 4.69) is 35.3 Å². The first-order valence-electron chi connectivity index (χ1n) is 9.08. The Morgan fingerprint density at radius 1 is 1.09 bits per heavy atom. The van der Waals surface area contributed by atoms with Crippen molar-refractivity contribution in [2.24, 2.45) is 0 Å². The van der Waals surface area contributed by atoms with E-state index in [0.717, 1.165) is 0 Å². The molecule has 9 nitrogen and oxygen atoms in total. The number of hydrogen-bond acceptors (Lipinski definition) is 8. The minimum Gasteiger partial charge on any atom is -0.365 e. The Labute approximate surface area is 186 Å². The molecule has 3 heterocycles. The van der Waals surface area contributed by atoms with Crippen LogP contribution in [0, 0.1) is 0 Å². The number of hydrogen-bond donors (Lipinski definition) is 3. The fourth-order valence-corrected chi connectivity index (χ4v) is 3.26. The molecule has 3 N–H and O–H groups in total. The van der Waals surface area contributed by atoms with Gasteiger partial charge in [0, 0.05) is 36.4 Å². The molecule has 3 aromatic heterocycles. The lowest BCUT2D eigenvalue weighted by molar-refractivity contribution is -0.137. The molecule has 3 rings (SSSR count). The zero-order chi connectivity index (χ0) is 23.4. The van der Waals surface area contributed by atoms with Gasteiger partial charge in [0.1, 0.15) is 22.4 Å². The number of alkyl halides is 3. The van der Waals surface area contributed by atoms with E-state index in [1.54, 1.807) is 6.07 Å². The Bertz CT molecular complexity index is 1210. The monoisotopic (exact) mass is 487 g/mol. The molecule has 32 heavy (non-hydrogen) atoms. The Morgan fingerprint density at radius 3 is 2.56 bits per heavy atom. The third-order valence-corrected chi connectivity index (χ3v) is 5.52. The van der Waals surface area contributed by atoms with Gasteiger partial charge in [-0.3, -0.25) is 4.72 Å². The van der Waals surface area contributed by atoms with Gasteiger partial charge in [0.25, 0.3) is 0 Å². The van der Waals surface area contributed by atoms with Crippen LogP contribution in [0.25, 0.3) is 0 Å². The molecule has 0 bridgehead atoms. The van der Waals surface area contributed by atoms with Crippen molar-refractivity contribution in [2.45, 2.75) is 19.6 Å². The molecule has 0 fully saturated rings. The molecule has 0 radical (unpaired) electrons. The lowest BCUT2D eigenvalue weighted by Crippen LogP contribution is -2.18. The summed E-state index contributed by atoms with van der Waals surface area (Å²) in [5.74, 6) is -0.785. The molecule has 0 saturated carbocycles. The number of nitrogens with zero attached hydrogens (tertiary/aromatic N) is 4. The first-order chi connectivity index (χ1) is 15.1. The molecule has 0 aliphatic rings. The van der Waals surface area contributed by atoms with E-state index in [1.165, 1.54) is 37.5 Å². The van der Waals surface area contributed by atoms with Crippen molar-refractivity contribution in [2.75, 3.05) is 21.1 Å². The summed E-state index contributed by atoms with van der Waals surface area (Å²) in [6.45, 7) is 1.26. The summed E-state index contributed by atoms with van der Waals surface area (Å²) in [6.07, 6.45) is -1.30. The number of aromatic nitrogens is 4. The van der Waals surface area contributed by atoms with E-state index in [4.69, 9.17) is 11.6 Å². The van der Waals surface area contributed by atoms with Crippen molar-refractivity contribution in [3.63, 3.8) is 0 Å². The molecule has 3 aromatic rings. The Balaban J connectivity index is 1.88. The first kappa shape index (κ1) is 23.5. The topological polar surface area (TPSA) is 122 Å². The Kier molecular flexibility index (Phi) is 6.99. The number of pyridine rings is 2. The van der Waals surface area contributed by atoms with Gasteiger partial charge in [-0.25, -0.2) is 23.4 Å². The highest BCUT2D eigenvalue weighted by atomic mass is 35.5. The molecule has 170 valence electrons. The van der Waals surface area contributed by atoms with Crippen LogP contribution < -0.4 is 15.4 Å². The third-order valence-electron chi connectivity index (χ3n) is 4.05. The summed E-state index contributed by atoms with van der Waals surface area (Å²) in [4.78, 5) is 15.4. The van der Waals surface area contributed by atoms with Crippen LogP contribution >= 0.6 is 11.6 Å². The Hall–Kier alpha value is -3.19. The fourth-order valence-electron chi connectivity index (χ4n) is 2.47. The van der Waals surface area contributed by atoms with E-state index in [-0.39, 0.29) is 29.2 Å². The van der Waals surface area contributed by atoms with Gasteiger partial charge in [0.05, 0.1) is 5.75 Å². The predicted octanol–water partition coefficient (Wildman–Crippen LogP) is 4.06. The van der Waals surface area contributed by atoms with Crippen LogP contribution in [0.15, 0.2) is 42.9 Å². The molecule has 0 spiro atoms. The van der Waals surface area contributed by atoms with Crippen molar-refractivity contribution in [1.29, 1.82) is 0 Å². The van der Waals surface area contributed by atoms with Crippen LogP contribution in [0.2, 0.25) is 5.15 Å². The van der Waals surface area contributed by atoms with Gasteiger partial charge in [-0.15, -0.1) is 0 Å². The van der Waals surface area contributed by atoms with Gasteiger partial charge >= 0.3 is 6.18 Å². The third kappa shape index (κ3) is 6.17. The van der Waals surface area contributed by atoms with Crippen molar-refractivity contribution in [3.8, 4) is 0 Å². The van der Waals surface area contributed by atoms with E-state index in [0.29, 0.717) is 17.4 Å². The molecule has 0 aliphatic carbocycles. The largest absolute Gasteiger partial charge is 0.421 e. The van der Waals surface area contributed by atoms with Crippen LogP contribution in [0.1, 0.15) is 18.1 Å². The van der Waals surface area contributed by atoms with Crippen LogP contribution in [0.3, 0.4) is 0 Å². The average molecular weight is 488 g/mol. The van der Waals surface area contributed by atoms with E-state index >= 15 is 0 Å². The van der Waals surface area contributed by atoms with Gasteiger partial charge in [-0.2, -0.15) is 18.2 Å².